The standard InChI is InChI=1S/C17H20N6O3/c1-11-4-6-12(7-5-11)10-23-15-13(21-22-23)16(24)20-14(19-15)17(25)18-8-3-9-26-2/h4-7H,3,8-10H2,1-2H3,(H,18,25)(H,19,20,24). The van der Waals surface area contributed by atoms with E-state index in [-0.39, 0.29) is 17.0 Å². The van der Waals surface area contributed by atoms with Gasteiger partial charge in [-0.1, -0.05) is 35.0 Å². The van der Waals surface area contributed by atoms with Crippen LogP contribution >= 0.6 is 0 Å². The number of amides is 1. The number of carbonyl (C=O) groups excluding carboxylic acids is 1. The highest BCUT2D eigenvalue weighted by Gasteiger charge is 2.16. The minimum Gasteiger partial charge on any atom is -0.385 e. The Labute approximate surface area is 149 Å². The second-order valence-electron chi connectivity index (χ2n) is 5.92. The Hall–Kier alpha value is -3.07. The first-order valence-electron chi connectivity index (χ1n) is 8.24. The van der Waals surface area contributed by atoms with Gasteiger partial charge in [-0.05, 0) is 18.9 Å². The molecule has 2 aromatic heterocycles. The van der Waals surface area contributed by atoms with E-state index in [1.165, 1.54) is 4.68 Å². The zero-order valence-corrected chi connectivity index (χ0v) is 14.7. The third kappa shape index (κ3) is 3.94. The molecular formula is C17H20N6O3. The van der Waals surface area contributed by atoms with E-state index in [9.17, 15) is 9.59 Å². The minimum atomic E-state index is -0.493. The first kappa shape index (κ1) is 17.7. The molecule has 1 amide bonds. The number of aryl methyl sites for hydroxylation is 1. The smallest absolute Gasteiger partial charge is 0.287 e. The van der Waals surface area contributed by atoms with E-state index in [0.717, 1.165) is 11.1 Å². The molecule has 3 rings (SSSR count). The molecule has 0 spiro atoms. The van der Waals surface area contributed by atoms with E-state index in [1.807, 2.05) is 31.2 Å². The van der Waals surface area contributed by atoms with Gasteiger partial charge in [-0.25, -0.2) is 9.67 Å². The number of ether oxygens (including phenoxy) is 1. The van der Waals surface area contributed by atoms with Crippen LogP contribution in [0.4, 0.5) is 0 Å². The Morgan fingerprint density at radius 1 is 1.31 bits per heavy atom. The molecule has 0 aliphatic heterocycles. The van der Waals surface area contributed by atoms with Gasteiger partial charge in [-0.15, -0.1) is 5.10 Å². The topological polar surface area (TPSA) is 115 Å². The molecule has 136 valence electrons. The molecule has 0 unspecified atom stereocenters. The van der Waals surface area contributed by atoms with Gasteiger partial charge in [0.1, 0.15) is 0 Å². The van der Waals surface area contributed by atoms with Crippen molar-refractivity contribution in [2.75, 3.05) is 20.3 Å². The van der Waals surface area contributed by atoms with Crippen LogP contribution in [-0.4, -0.2) is 51.1 Å². The minimum absolute atomic E-state index is 0.0626. The van der Waals surface area contributed by atoms with Gasteiger partial charge in [0, 0.05) is 20.3 Å². The predicted octanol–water partition coefficient (Wildman–Crippen LogP) is 0.638. The molecule has 0 atom stereocenters. The summed E-state index contributed by atoms with van der Waals surface area (Å²) in [4.78, 5) is 31.1. The van der Waals surface area contributed by atoms with Gasteiger partial charge in [0.2, 0.25) is 5.82 Å². The van der Waals surface area contributed by atoms with Crippen LogP contribution in [0.1, 0.15) is 28.2 Å². The van der Waals surface area contributed by atoms with Gasteiger partial charge in [-0.2, -0.15) is 0 Å². The molecule has 0 aliphatic carbocycles. The molecular weight excluding hydrogens is 336 g/mol. The number of aromatic amines is 1. The molecule has 0 saturated carbocycles. The van der Waals surface area contributed by atoms with Crippen molar-refractivity contribution in [3.63, 3.8) is 0 Å². The van der Waals surface area contributed by atoms with Gasteiger partial charge >= 0.3 is 0 Å². The molecule has 0 saturated heterocycles. The number of nitrogens with one attached hydrogen (secondary N) is 2. The molecule has 0 bridgehead atoms. The van der Waals surface area contributed by atoms with E-state index < -0.39 is 11.5 Å². The molecule has 3 aromatic rings. The summed E-state index contributed by atoms with van der Waals surface area (Å²) in [7, 11) is 1.59. The molecule has 9 nitrogen and oxygen atoms in total. The number of hydrogen-bond donors (Lipinski definition) is 2. The molecule has 0 radical (unpaired) electrons. The number of fused-ring (bicyclic) bond motifs is 1. The fourth-order valence-corrected chi connectivity index (χ4v) is 2.45. The number of H-pyrrole nitrogens is 1. The average molecular weight is 356 g/mol. The molecule has 2 heterocycles. The summed E-state index contributed by atoms with van der Waals surface area (Å²) in [5, 5.41) is 10.6. The van der Waals surface area contributed by atoms with Crippen molar-refractivity contribution in [2.24, 2.45) is 0 Å². The molecule has 0 fully saturated rings. The summed E-state index contributed by atoms with van der Waals surface area (Å²) in [6.07, 6.45) is 0.668. The van der Waals surface area contributed by atoms with Crippen LogP contribution in [0.3, 0.4) is 0 Å². The maximum Gasteiger partial charge on any atom is 0.287 e. The van der Waals surface area contributed by atoms with Crippen LogP contribution in [0.25, 0.3) is 11.2 Å². The number of benzene rings is 1. The number of methoxy groups -OCH3 is 1. The Morgan fingerprint density at radius 3 is 2.81 bits per heavy atom. The number of rotatable bonds is 7. The van der Waals surface area contributed by atoms with Crippen molar-refractivity contribution in [3.05, 3.63) is 51.6 Å². The lowest BCUT2D eigenvalue weighted by molar-refractivity contribution is 0.0938. The SMILES string of the molecule is COCCCNC(=O)c1nc2c(nnn2Cc2ccc(C)cc2)c(=O)[nH]1. The van der Waals surface area contributed by atoms with Gasteiger partial charge in [0.05, 0.1) is 6.54 Å². The van der Waals surface area contributed by atoms with E-state index in [1.54, 1.807) is 7.11 Å². The number of aromatic nitrogens is 5. The fraction of sp³-hybridized carbons (Fsp3) is 0.353. The highest BCUT2D eigenvalue weighted by atomic mass is 16.5. The van der Waals surface area contributed by atoms with Crippen LogP contribution in [0.15, 0.2) is 29.1 Å². The first-order chi connectivity index (χ1) is 12.6. The van der Waals surface area contributed by atoms with Gasteiger partial charge < -0.3 is 15.0 Å². The summed E-state index contributed by atoms with van der Waals surface area (Å²) in [6, 6.07) is 7.93. The predicted molar refractivity (Wildman–Crippen MR) is 95.1 cm³/mol. The van der Waals surface area contributed by atoms with E-state index in [4.69, 9.17) is 4.74 Å². The summed E-state index contributed by atoms with van der Waals surface area (Å²) in [5.74, 6) is -0.518. The van der Waals surface area contributed by atoms with Crippen LogP contribution in [0, 0.1) is 6.92 Å². The van der Waals surface area contributed by atoms with Crippen LogP contribution in [0.2, 0.25) is 0 Å². The lowest BCUT2D eigenvalue weighted by Crippen LogP contribution is -2.29. The maximum absolute atomic E-state index is 12.2. The van der Waals surface area contributed by atoms with Crippen LogP contribution in [-0.2, 0) is 11.3 Å². The van der Waals surface area contributed by atoms with Crippen LogP contribution in [0.5, 0.6) is 0 Å². The zero-order valence-electron chi connectivity index (χ0n) is 14.7. The van der Waals surface area contributed by atoms with Gasteiger partial charge in [0.25, 0.3) is 11.5 Å². The van der Waals surface area contributed by atoms with Crippen molar-refractivity contribution in [1.82, 2.24) is 30.3 Å². The molecule has 26 heavy (non-hydrogen) atoms. The third-order valence-electron chi connectivity index (χ3n) is 3.85. The molecule has 2 N–H and O–H groups in total. The number of carbonyl (C=O) groups is 1. The normalized spacial score (nSPS) is 11.0. The third-order valence-corrected chi connectivity index (χ3v) is 3.85. The highest BCUT2D eigenvalue weighted by Crippen LogP contribution is 2.09. The van der Waals surface area contributed by atoms with Crippen molar-refractivity contribution in [1.29, 1.82) is 0 Å². The van der Waals surface area contributed by atoms with E-state index in [0.29, 0.717) is 26.1 Å². The van der Waals surface area contributed by atoms with Crippen molar-refractivity contribution in [2.45, 2.75) is 19.9 Å². The number of hydrogen-bond acceptors (Lipinski definition) is 6. The second kappa shape index (κ2) is 7.87. The van der Waals surface area contributed by atoms with Crippen LogP contribution < -0.4 is 10.9 Å². The Kier molecular flexibility index (Phi) is 5.37. The summed E-state index contributed by atoms with van der Waals surface area (Å²) in [6.45, 7) is 3.38. The second-order valence-corrected chi connectivity index (χ2v) is 5.92. The summed E-state index contributed by atoms with van der Waals surface area (Å²) in [5.41, 5.74) is 2.03. The quantitative estimate of drug-likeness (QED) is 0.600. The van der Waals surface area contributed by atoms with Gasteiger partial charge in [0.15, 0.2) is 11.2 Å². The van der Waals surface area contributed by atoms with Crippen molar-refractivity contribution < 1.29 is 9.53 Å². The number of nitrogens with zero attached hydrogens (tertiary/aromatic N) is 4. The van der Waals surface area contributed by atoms with Crippen molar-refractivity contribution in [3.8, 4) is 0 Å². The average Bonchev–Trinajstić information content (AvgIpc) is 3.04. The Morgan fingerprint density at radius 2 is 2.08 bits per heavy atom. The Balaban J connectivity index is 1.85. The largest absolute Gasteiger partial charge is 0.385 e. The lowest BCUT2D eigenvalue weighted by atomic mass is 10.1. The maximum atomic E-state index is 12.2. The summed E-state index contributed by atoms with van der Waals surface area (Å²) < 4.78 is 6.44. The van der Waals surface area contributed by atoms with Crippen molar-refractivity contribution >= 4 is 17.1 Å². The van der Waals surface area contributed by atoms with Gasteiger partial charge in [-0.3, -0.25) is 9.59 Å². The van der Waals surface area contributed by atoms with E-state index in [2.05, 4.69) is 25.6 Å². The van der Waals surface area contributed by atoms with E-state index >= 15 is 0 Å². The Bertz CT molecular complexity index is 961. The highest BCUT2D eigenvalue weighted by molar-refractivity contribution is 5.91. The first-order valence-corrected chi connectivity index (χ1v) is 8.24. The zero-order chi connectivity index (χ0) is 18.5. The lowest BCUT2D eigenvalue weighted by Gasteiger charge is -2.05. The molecule has 0 aliphatic rings. The molecule has 1 aromatic carbocycles. The fourth-order valence-electron chi connectivity index (χ4n) is 2.45. The monoisotopic (exact) mass is 356 g/mol. The summed E-state index contributed by atoms with van der Waals surface area (Å²) >= 11 is 0. The molecule has 9 heteroatoms.